The number of halogens is 2. The second-order valence-electron chi connectivity index (χ2n) is 16.9. The predicted molar refractivity (Wildman–Crippen MR) is 221 cm³/mol. The van der Waals surface area contributed by atoms with Crippen molar-refractivity contribution in [3.05, 3.63) is 29.3 Å². The number of terminal acetylenes is 1. The first-order valence-electron chi connectivity index (χ1n) is 22.3. The number of alkyl halides is 2. The molecule has 1 aromatic carbocycles. The van der Waals surface area contributed by atoms with Crippen molar-refractivity contribution in [1.29, 1.82) is 0 Å². The minimum Gasteiger partial charge on any atom is -0.463 e. The third-order valence-electron chi connectivity index (χ3n) is 12.0. The fourth-order valence-electron chi connectivity index (χ4n) is 8.23. The Morgan fingerprint density at radius 3 is 1.57 bits per heavy atom. The Balaban J connectivity index is 1.20. The van der Waals surface area contributed by atoms with Crippen molar-refractivity contribution in [2.75, 3.05) is 46.2 Å². The summed E-state index contributed by atoms with van der Waals surface area (Å²) in [6.07, 6.45) is -34.1. The Labute approximate surface area is 394 Å². The molecule has 4 heterocycles. The largest absolute Gasteiger partial charge is 0.463 e. The van der Waals surface area contributed by atoms with Crippen LogP contribution < -0.4 is 4.74 Å². The molecule has 69 heavy (non-hydrogen) atoms. The molecule has 26 heteroatoms. The Morgan fingerprint density at radius 1 is 0.638 bits per heavy atom. The Hall–Kier alpha value is -2.93. The van der Waals surface area contributed by atoms with E-state index >= 15 is 0 Å². The molecular formula is C43H64F2O24. The van der Waals surface area contributed by atoms with Crippen LogP contribution in [-0.4, -0.2) is 241 Å². The van der Waals surface area contributed by atoms with Gasteiger partial charge in [-0.1, -0.05) is 13.0 Å². The number of carbonyl (C=O) groups is 1. The summed E-state index contributed by atoms with van der Waals surface area (Å²) in [5.41, 5.74) is -0.297. The molecule has 21 atom stereocenters. The lowest BCUT2D eigenvalue weighted by Gasteiger charge is -2.49. The fourth-order valence-corrected chi connectivity index (χ4v) is 8.23. The van der Waals surface area contributed by atoms with Crippen LogP contribution in [0.25, 0.3) is 0 Å². The summed E-state index contributed by atoms with van der Waals surface area (Å²) in [5.74, 6) is 0.964. The van der Waals surface area contributed by atoms with E-state index < -0.39 is 179 Å². The van der Waals surface area contributed by atoms with Gasteiger partial charge in [0.2, 0.25) is 6.29 Å². The number of benzene rings is 1. The van der Waals surface area contributed by atoms with Crippen LogP contribution in [-0.2, 0) is 53.8 Å². The first kappa shape index (κ1) is 57.0. The minimum absolute atomic E-state index is 0.0316. The van der Waals surface area contributed by atoms with Crippen LogP contribution in [0.1, 0.15) is 43.7 Å². The van der Waals surface area contributed by atoms with Gasteiger partial charge in [-0.15, -0.1) is 12.3 Å². The summed E-state index contributed by atoms with van der Waals surface area (Å²) in [6.45, 7) is -1.05. The summed E-state index contributed by atoms with van der Waals surface area (Å²) in [4.78, 5) is 12.4. The van der Waals surface area contributed by atoms with E-state index in [-0.39, 0.29) is 32.5 Å². The third kappa shape index (κ3) is 14.0. The lowest BCUT2D eigenvalue weighted by molar-refractivity contribution is -0.387. The van der Waals surface area contributed by atoms with E-state index in [0.29, 0.717) is 12.2 Å². The van der Waals surface area contributed by atoms with Crippen LogP contribution in [0.2, 0.25) is 0 Å². The molecule has 13 N–H and O–H groups in total. The highest BCUT2D eigenvalue weighted by Gasteiger charge is 2.55. The van der Waals surface area contributed by atoms with Gasteiger partial charge in [0.25, 0.3) is 6.43 Å². The van der Waals surface area contributed by atoms with Gasteiger partial charge in [0, 0.05) is 19.4 Å². The molecule has 5 rings (SSSR count). The average molecular weight is 1000 g/mol. The molecule has 4 aliphatic rings. The SMILES string of the molecule is C#CCC(CC(=O)OCCOCCC)Cc1ccc(O[C@@H]2OC(CO)[C@@H](O[C@H]3OC(CO)[C@@H](O[C@H]4OC(CO)[C@@H](O[C@H]5OC(CO)[C@@H](O)[C@H](O)C5O)[C@H](O)C4O)[C@H](O)C3O)[C@H](O)C2O)c(C(F)F)c1. The molecule has 9 unspecified atom stereocenters. The molecular weight excluding hydrogens is 938 g/mol. The minimum atomic E-state index is -3.14. The Kier molecular flexibility index (Phi) is 22.0. The number of aliphatic hydroxyl groups is 13. The molecule has 24 nitrogen and oxygen atoms in total. The molecule has 4 aliphatic heterocycles. The van der Waals surface area contributed by atoms with Crippen LogP contribution in [0, 0.1) is 18.3 Å². The average Bonchev–Trinajstić information content (AvgIpc) is 3.33. The number of hydrogen-bond acceptors (Lipinski definition) is 24. The van der Waals surface area contributed by atoms with Crippen LogP contribution in [0.4, 0.5) is 8.78 Å². The maximum Gasteiger partial charge on any atom is 0.306 e. The quantitative estimate of drug-likeness (QED) is 0.0277. The van der Waals surface area contributed by atoms with Gasteiger partial charge in [0.15, 0.2) is 18.9 Å². The molecule has 0 radical (unpaired) electrons. The summed E-state index contributed by atoms with van der Waals surface area (Å²) in [5, 5.41) is 137. The van der Waals surface area contributed by atoms with Crippen molar-refractivity contribution >= 4 is 5.97 Å². The maximum absolute atomic E-state index is 14.5. The Morgan fingerprint density at radius 2 is 1.10 bits per heavy atom. The van der Waals surface area contributed by atoms with Crippen molar-refractivity contribution in [2.24, 2.45) is 5.92 Å². The van der Waals surface area contributed by atoms with Gasteiger partial charge in [0.1, 0.15) is 110 Å². The normalized spacial score (nSPS) is 38.9. The summed E-state index contributed by atoms with van der Waals surface area (Å²) < 4.78 is 84.0. The first-order chi connectivity index (χ1) is 32.9. The van der Waals surface area contributed by atoms with E-state index in [2.05, 4.69) is 5.92 Å². The molecule has 4 saturated heterocycles. The van der Waals surface area contributed by atoms with Gasteiger partial charge in [0.05, 0.1) is 38.6 Å². The lowest BCUT2D eigenvalue weighted by atomic mass is 9.92. The molecule has 0 aromatic heterocycles. The van der Waals surface area contributed by atoms with E-state index in [0.717, 1.165) is 18.6 Å². The van der Waals surface area contributed by atoms with Gasteiger partial charge in [-0.05, 0) is 36.5 Å². The second-order valence-corrected chi connectivity index (χ2v) is 16.9. The molecule has 0 bridgehead atoms. The molecule has 394 valence electrons. The number of carbonyl (C=O) groups excluding carboxylic acids is 1. The Bertz CT molecular complexity index is 1760. The molecule has 0 aliphatic carbocycles. The highest BCUT2D eigenvalue weighted by atomic mass is 19.3. The van der Waals surface area contributed by atoms with Crippen molar-refractivity contribution in [3.8, 4) is 18.1 Å². The highest BCUT2D eigenvalue weighted by Crippen LogP contribution is 2.37. The van der Waals surface area contributed by atoms with Crippen LogP contribution >= 0.6 is 0 Å². The van der Waals surface area contributed by atoms with Gasteiger partial charge >= 0.3 is 5.97 Å². The monoisotopic (exact) mass is 1000 g/mol. The van der Waals surface area contributed by atoms with Crippen LogP contribution in [0.3, 0.4) is 0 Å². The summed E-state index contributed by atoms with van der Waals surface area (Å²) in [7, 11) is 0. The van der Waals surface area contributed by atoms with E-state index in [4.69, 9.17) is 53.8 Å². The number of rotatable bonds is 23. The number of hydrogen-bond donors (Lipinski definition) is 13. The molecule has 0 saturated carbocycles. The lowest BCUT2D eigenvalue weighted by Crippen LogP contribution is -2.67. The molecule has 0 amide bonds. The van der Waals surface area contributed by atoms with E-state index in [1.807, 2.05) is 6.92 Å². The number of ether oxygens (including phenoxy) is 10. The zero-order valence-electron chi connectivity index (χ0n) is 37.3. The zero-order chi connectivity index (χ0) is 50.7. The standard InChI is InChI=1S/C43H64F2O24/c1-3-5-18(13-26(50)61-10-9-60-8-4-2)11-19-6-7-21(20(12-19)39(44)45)62-40-33(57)29(53)36(23(15-47)64-40)68-42-35(59)31(55)38(25(17-49)66-42)69-43-34(58)30(54)37(24(16-48)65-43)67-41-32(56)28(52)27(51)22(14-46)63-41/h1,6-7,12,18,22-25,27-43,46-49,51-59H,4-5,8-11,13-17H2,2H3/t18?,22?,23?,24?,25?,27-,28+,29-,30-,31-,32?,33?,34?,35?,36-,37-,38-,40-,41-,42-,43-/m1/s1. The number of aliphatic hydroxyl groups excluding tert-OH is 13. The maximum atomic E-state index is 14.5. The van der Waals surface area contributed by atoms with Gasteiger partial charge in [-0.3, -0.25) is 4.79 Å². The molecule has 4 fully saturated rings. The molecule has 0 spiro atoms. The van der Waals surface area contributed by atoms with Crippen LogP contribution in [0.5, 0.6) is 5.75 Å². The van der Waals surface area contributed by atoms with Crippen molar-refractivity contribution in [1.82, 2.24) is 0 Å². The topological polar surface area (TPSA) is 372 Å². The van der Waals surface area contributed by atoms with Crippen molar-refractivity contribution < 1.29 is 127 Å². The van der Waals surface area contributed by atoms with Crippen LogP contribution in [0.15, 0.2) is 18.2 Å². The third-order valence-corrected chi connectivity index (χ3v) is 12.0. The molecule has 1 aromatic rings. The number of esters is 1. The summed E-state index contributed by atoms with van der Waals surface area (Å²) in [6, 6.07) is 3.69. The van der Waals surface area contributed by atoms with E-state index in [1.54, 1.807) is 0 Å². The smallest absolute Gasteiger partial charge is 0.306 e. The van der Waals surface area contributed by atoms with Crippen molar-refractivity contribution in [2.45, 2.75) is 162 Å². The van der Waals surface area contributed by atoms with E-state index in [9.17, 15) is 80.0 Å². The second kappa shape index (κ2) is 26.7. The highest BCUT2D eigenvalue weighted by molar-refractivity contribution is 5.69. The summed E-state index contributed by atoms with van der Waals surface area (Å²) >= 11 is 0. The van der Waals surface area contributed by atoms with E-state index in [1.165, 1.54) is 6.07 Å². The van der Waals surface area contributed by atoms with Gasteiger partial charge in [-0.25, -0.2) is 8.78 Å². The first-order valence-corrected chi connectivity index (χ1v) is 22.3. The van der Waals surface area contributed by atoms with Gasteiger partial charge in [-0.2, -0.15) is 0 Å². The van der Waals surface area contributed by atoms with Gasteiger partial charge < -0.3 is 114 Å². The fraction of sp³-hybridized carbons (Fsp3) is 0.791. The zero-order valence-corrected chi connectivity index (χ0v) is 37.3. The predicted octanol–water partition coefficient (Wildman–Crippen LogP) is -5.18. The van der Waals surface area contributed by atoms with Crippen molar-refractivity contribution in [3.63, 3.8) is 0 Å².